The fourth-order valence-electron chi connectivity index (χ4n) is 2.69. The number of imidazole rings is 1. The molecule has 9 heteroatoms. The molecule has 3 heterocycles. The molecule has 28 heavy (non-hydrogen) atoms. The van der Waals surface area contributed by atoms with Gasteiger partial charge in [-0.05, 0) is 26.0 Å². The van der Waals surface area contributed by atoms with Gasteiger partial charge in [0.05, 0.1) is 18.6 Å². The maximum atomic E-state index is 12.7. The first-order valence-corrected chi connectivity index (χ1v) is 9.00. The molecule has 0 aliphatic carbocycles. The summed E-state index contributed by atoms with van der Waals surface area (Å²) in [5.41, 5.74) is 2.88. The molecule has 3 aromatic heterocycles. The Morgan fingerprint density at radius 1 is 1.21 bits per heavy atom. The molecule has 9 nitrogen and oxygen atoms in total. The van der Waals surface area contributed by atoms with Crippen LogP contribution in [0.5, 0.6) is 0 Å². The maximum Gasteiger partial charge on any atom is 0.293 e. The third kappa shape index (κ3) is 4.81. The van der Waals surface area contributed by atoms with Crippen LogP contribution in [0.1, 0.15) is 22.8 Å². The summed E-state index contributed by atoms with van der Waals surface area (Å²) in [5.74, 6) is -0.0456. The van der Waals surface area contributed by atoms with Gasteiger partial charge in [0, 0.05) is 42.4 Å². The van der Waals surface area contributed by atoms with Gasteiger partial charge in [-0.2, -0.15) is 0 Å². The van der Waals surface area contributed by atoms with Crippen molar-refractivity contribution in [3.05, 3.63) is 70.0 Å². The van der Waals surface area contributed by atoms with Gasteiger partial charge in [-0.15, -0.1) is 0 Å². The van der Waals surface area contributed by atoms with Crippen LogP contribution >= 0.6 is 0 Å². The predicted molar refractivity (Wildman–Crippen MR) is 105 cm³/mol. The van der Waals surface area contributed by atoms with E-state index in [-0.39, 0.29) is 23.8 Å². The zero-order chi connectivity index (χ0) is 19.9. The van der Waals surface area contributed by atoms with Crippen LogP contribution in [-0.2, 0) is 24.3 Å². The molecule has 0 atom stereocenters. The minimum absolute atomic E-state index is 0.0778. The van der Waals surface area contributed by atoms with Gasteiger partial charge in [0.15, 0.2) is 5.82 Å². The van der Waals surface area contributed by atoms with Crippen LogP contribution in [-0.4, -0.2) is 37.0 Å². The molecule has 0 spiro atoms. The van der Waals surface area contributed by atoms with Gasteiger partial charge in [0.2, 0.25) is 5.91 Å². The highest BCUT2D eigenvalue weighted by Gasteiger charge is 2.12. The minimum Gasteiger partial charge on any atom is -0.365 e. The Morgan fingerprint density at radius 2 is 2.07 bits per heavy atom. The number of rotatable bonds is 8. The van der Waals surface area contributed by atoms with Crippen LogP contribution in [0.25, 0.3) is 0 Å². The van der Waals surface area contributed by atoms with Crippen molar-refractivity contribution in [1.82, 2.24) is 29.8 Å². The number of hydrogen-bond donors (Lipinski definition) is 3. The third-order valence-electron chi connectivity index (χ3n) is 4.34. The van der Waals surface area contributed by atoms with E-state index in [9.17, 15) is 9.59 Å². The number of aryl methyl sites for hydroxylation is 2. The Morgan fingerprint density at radius 3 is 2.79 bits per heavy atom. The number of nitrogens with one attached hydrogen (secondary N) is 3. The lowest BCUT2D eigenvalue weighted by molar-refractivity contribution is -0.121. The second-order valence-electron chi connectivity index (χ2n) is 6.39. The minimum atomic E-state index is -0.327. The number of H-pyrrole nitrogens is 1. The molecule has 0 aliphatic rings. The first kappa shape index (κ1) is 19.3. The van der Waals surface area contributed by atoms with Gasteiger partial charge in [-0.25, -0.2) is 9.97 Å². The SMILES string of the molecule is Cc1[nH]cnc1CNC(=O)Cn1c(C)cnc(NCCc2ccccn2)c1=O. The summed E-state index contributed by atoms with van der Waals surface area (Å²) in [4.78, 5) is 40.5. The number of anilines is 1. The van der Waals surface area contributed by atoms with Crippen LogP contribution < -0.4 is 16.2 Å². The fraction of sp³-hybridized carbons (Fsp3) is 0.316. The average molecular weight is 381 g/mol. The molecule has 0 unspecified atom stereocenters. The molecular weight excluding hydrogens is 358 g/mol. The van der Waals surface area contributed by atoms with E-state index in [1.807, 2.05) is 25.1 Å². The van der Waals surface area contributed by atoms with E-state index in [2.05, 4.69) is 30.6 Å². The topological polar surface area (TPSA) is 118 Å². The van der Waals surface area contributed by atoms with Crippen LogP contribution in [0.2, 0.25) is 0 Å². The molecule has 0 bridgehead atoms. The Kier molecular flexibility index (Phi) is 6.15. The molecule has 1 amide bonds. The lowest BCUT2D eigenvalue weighted by Crippen LogP contribution is -2.34. The zero-order valence-electron chi connectivity index (χ0n) is 15.9. The summed E-state index contributed by atoms with van der Waals surface area (Å²) >= 11 is 0. The third-order valence-corrected chi connectivity index (χ3v) is 4.34. The second kappa shape index (κ2) is 8.94. The molecular formula is C19H23N7O2. The normalized spacial score (nSPS) is 10.6. The largest absolute Gasteiger partial charge is 0.365 e. The first-order chi connectivity index (χ1) is 13.5. The van der Waals surface area contributed by atoms with E-state index in [1.54, 1.807) is 25.6 Å². The fourth-order valence-corrected chi connectivity index (χ4v) is 2.69. The number of nitrogens with zero attached hydrogens (tertiary/aromatic N) is 4. The maximum absolute atomic E-state index is 12.7. The number of aromatic nitrogens is 5. The predicted octanol–water partition coefficient (Wildman–Crippen LogP) is 0.949. The molecule has 0 saturated carbocycles. The van der Waals surface area contributed by atoms with Gasteiger partial charge in [0.1, 0.15) is 6.54 Å². The van der Waals surface area contributed by atoms with Crippen molar-refractivity contribution in [3.63, 3.8) is 0 Å². The van der Waals surface area contributed by atoms with Gasteiger partial charge < -0.3 is 15.6 Å². The summed E-state index contributed by atoms with van der Waals surface area (Å²) in [7, 11) is 0. The molecule has 3 rings (SSSR count). The number of pyridine rings is 1. The first-order valence-electron chi connectivity index (χ1n) is 9.00. The van der Waals surface area contributed by atoms with Crippen LogP contribution in [0.4, 0.5) is 5.82 Å². The summed E-state index contributed by atoms with van der Waals surface area (Å²) in [6, 6.07) is 5.70. The molecule has 146 valence electrons. The van der Waals surface area contributed by atoms with Gasteiger partial charge in [-0.1, -0.05) is 6.07 Å². The number of aromatic amines is 1. The number of carbonyl (C=O) groups excluding carboxylic acids is 1. The molecule has 3 aromatic rings. The van der Waals surface area contributed by atoms with Crippen molar-refractivity contribution in [3.8, 4) is 0 Å². The lowest BCUT2D eigenvalue weighted by Gasteiger charge is -2.12. The number of carbonyl (C=O) groups is 1. The van der Waals surface area contributed by atoms with Crippen LogP contribution in [0, 0.1) is 13.8 Å². The molecule has 0 radical (unpaired) electrons. The summed E-state index contributed by atoms with van der Waals surface area (Å²) in [5, 5.41) is 5.82. The highest BCUT2D eigenvalue weighted by molar-refractivity contribution is 5.75. The smallest absolute Gasteiger partial charge is 0.293 e. The molecule has 0 aliphatic heterocycles. The molecule has 0 fully saturated rings. The highest BCUT2D eigenvalue weighted by atomic mass is 16.2. The Hall–Kier alpha value is -3.49. The molecule has 0 aromatic carbocycles. The van der Waals surface area contributed by atoms with Crippen molar-refractivity contribution in [1.29, 1.82) is 0 Å². The quantitative estimate of drug-likeness (QED) is 0.535. The van der Waals surface area contributed by atoms with Gasteiger partial charge in [-0.3, -0.25) is 19.1 Å². The van der Waals surface area contributed by atoms with Crippen molar-refractivity contribution in [2.24, 2.45) is 0 Å². The molecule has 0 saturated heterocycles. The summed E-state index contributed by atoms with van der Waals surface area (Å²) < 4.78 is 1.41. The Labute approximate surface area is 162 Å². The van der Waals surface area contributed by atoms with Gasteiger partial charge in [0.25, 0.3) is 5.56 Å². The van der Waals surface area contributed by atoms with Crippen molar-refractivity contribution < 1.29 is 4.79 Å². The van der Waals surface area contributed by atoms with Crippen LogP contribution in [0.15, 0.2) is 41.7 Å². The van der Waals surface area contributed by atoms with E-state index in [1.165, 1.54) is 4.57 Å². The van der Waals surface area contributed by atoms with Crippen LogP contribution in [0.3, 0.4) is 0 Å². The molecule has 3 N–H and O–H groups in total. The number of hydrogen-bond acceptors (Lipinski definition) is 6. The van der Waals surface area contributed by atoms with E-state index in [0.717, 1.165) is 17.1 Å². The van der Waals surface area contributed by atoms with E-state index in [4.69, 9.17) is 0 Å². The standard InChI is InChI=1S/C19H23N7O2/c1-13-9-23-18(21-8-6-15-5-3-4-7-20-15)19(28)26(13)11-17(27)22-10-16-14(2)24-12-25-16/h3-5,7,9,12H,6,8,10-11H2,1-2H3,(H,21,23)(H,22,27)(H,24,25). The van der Waals surface area contributed by atoms with Crippen molar-refractivity contribution in [2.75, 3.05) is 11.9 Å². The van der Waals surface area contributed by atoms with E-state index >= 15 is 0 Å². The summed E-state index contributed by atoms with van der Waals surface area (Å²) in [6.45, 7) is 4.38. The van der Waals surface area contributed by atoms with Crippen molar-refractivity contribution in [2.45, 2.75) is 33.4 Å². The average Bonchev–Trinajstić information content (AvgIpc) is 3.11. The Balaban J connectivity index is 1.61. The summed E-state index contributed by atoms with van der Waals surface area (Å²) in [6.07, 6.45) is 5.56. The highest BCUT2D eigenvalue weighted by Crippen LogP contribution is 2.02. The second-order valence-corrected chi connectivity index (χ2v) is 6.39. The Bertz CT molecular complexity index is 995. The van der Waals surface area contributed by atoms with E-state index in [0.29, 0.717) is 25.2 Å². The van der Waals surface area contributed by atoms with Crippen molar-refractivity contribution >= 4 is 11.7 Å². The lowest BCUT2D eigenvalue weighted by atomic mass is 10.3. The van der Waals surface area contributed by atoms with E-state index < -0.39 is 0 Å². The van der Waals surface area contributed by atoms with Gasteiger partial charge >= 0.3 is 0 Å². The monoisotopic (exact) mass is 381 g/mol. The number of amides is 1. The zero-order valence-corrected chi connectivity index (χ0v) is 15.9.